The average molecular weight is 583 g/mol. The van der Waals surface area contributed by atoms with Crippen LogP contribution in [-0.2, 0) is 18.4 Å². The number of nitrogens with zero attached hydrogens (tertiary/aromatic N) is 3. The van der Waals surface area contributed by atoms with Crippen molar-refractivity contribution in [3.8, 4) is 11.1 Å². The SMILES string of the molecule is C[C@H](CO)N1C[C@H](C)[C@@H](CN(C)C(=O)N[C@H](C)c2ccccc2)OCc2ccccc2-c2c(n(C)c3ccccc23)C1=O. The van der Waals surface area contributed by atoms with Crippen LogP contribution in [0.3, 0.4) is 0 Å². The summed E-state index contributed by atoms with van der Waals surface area (Å²) in [6.45, 7) is 6.72. The molecule has 2 heterocycles. The van der Waals surface area contributed by atoms with E-state index in [-0.39, 0.29) is 36.6 Å². The Hall–Kier alpha value is -4.14. The minimum atomic E-state index is -0.412. The normalized spacial score (nSPS) is 18.7. The maximum Gasteiger partial charge on any atom is 0.317 e. The highest BCUT2D eigenvalue weighted by atomic mass is 16.5. The summed E-state index contributed by atoms with van der Waals surface area (Å²) in [6, 6.07) is 25.2. The standard InChI is InChI=1S/C35H42N4O4/c1-23-19-39(24(2)21-40)34(41)33-32(29-17-11-12-18-30(29)38(33)5)28-16-10-9-15-27(28)22-43-31(23)20-37(4)35(42)36-25(3)26-13-7-6-8-14-26/h6-18,23-25,31,40H,19-22H2,1-5H3,(H,36,42)/t23-,24+,25+,31+/m0/s1. The predicted molar refractivity (Wildman–Crippen MR) is 170 cm³/mol. The van der Waals surface area contributed by atoms with E-state index in [0.29, 0.717) is 25.4 Å². The molecule has 3 amide bonds. The van der Waals surface area contributed by atoms with Gasteiger partial charge in [0.25, 0.3) is 5.91 Å². The molecule has 0 saturated carbocycles. The fraction of sp³-hybridized carbons (Fsp3) is 0.371. The highest BCUT2D eigenvalue weighted by Gasteiger charge is 2.34. The third-order valence-electron chi connectivity index (χ3n) is 8.67. The molecular weight excluding hydrogens is 540 g/mol. The summed E-state index contributed by atoms with van der Waals surface area (Å²) < 4.78 is 8.59. The number of urea groups is 1. The summed E-state index contributed by atoms with van der Waals surface area (Å²) in [5.41, 5.74) is 5.36. The Kier molecular flexibility index (Phi) is 9.18. The summed E-state index contributed by atoms with van der Waals surface area (Å²) in [4.78, 5) is 31.1. The molecule has 0 spiro atoms. The Morgan fingerprint density at radius 2 is 1.72 bits per heavy atom. The van der Waals surface area contributed by atoms with Gasteiger partial charge >= 0.3 is 6.03 Å². The molecule has 1 aliphatic rings. The first-order valence-corrected chi connectivity index (χ1v) is 15.0. The average Bonchev–Trinajstić information content (AvgIpc) is 3.32. The minimum Gasteiger partial charge on any atom is -0.394 e. The molecule has 0 fully saturated rings. The van der Waals surface area contributed by atoms with Crippen LogP contribution in [0.15, 0.2) is 78.9 Å². The molecule has 4 aromatic rings. The second-order valence-corrected chi connectivity index (χ2v) is 11.7. The summed E-state index contributed by atoms with van der Waals surface area (Å²) in [7, 11) is 3.69. The molecule has 4 atom stereocenters. The molecule has 0 bridgehead atoms. The number of ether oxygens (including phenoxy) is 1. The molecule has 0 radical (unpaired) electrons. The predicted octanol–water partition coefficient (Wildman–Crippen LogP) is 5.61. The number of carbonyl (C=O) groups is 2. The number of hydrogen-bond donors (Lipinski definition) is 2. The fourth-order valence-electron chi connectivity index (χ4n) is 6.00. The Morgan fingerprint density at radius 1 is 1.05 bits per heavy atom. The second kappa shape index (κ2) is 13.0. The maximum atomic E-state index is 14.5. The van der Waals surface area contributed by atoms with Crippen molar-refractivity contribution in [2.45, 2.75) is 45.6 Å². The first-order chi connectivity index (χ1) is 20.7. The van der Waals surface area contributed by atoms with Crippen molar-refractivity contribution in [3.05, 3.63) is 95.7 Å². The van der Waals surface area contributed by atoms with Crippen LogP contribution in [-0.4, -0.2) is 70.3 Å². The number of benzene rings is 3. The van der Waals surface area contributed by atoms with Crippen molar-refractivity contribution >= 4 is 22.8 Å². The lowest BCUT2D eigenvalue weighted by atomic mass is 9.96. The Labute approximate surface area is 253 Å². The smallest absolute Gasteiger partial charge is 0.317 e. The number of rotatable bonds is 6. The lowest BCUT2D eigenvalue weighted by Crippen LogP contribution is -2.49. The van der Waals surface area contributed by atoms with Gasteiger partial charge in [0.2, 0.25) is 0 Å². The number of aliphatic hydroxyl groups excluding tert-OH is 1. The zero-order valence-corrected chi connectivity index (χ0v) is 25.7. The molecule has 0 unspecified atom stereocenters. The van der Waals surface area contributed by atoms with E-state index in [2.05, 4.69) is 5.32 Å². The quantitative estimate of drug-likeness (QED) is 0.310. The van der Waals surface area contributed by atoms with Gasteiger partial charge in [-0.05, 0) is 36.6 Å². The van der Waals surface area contributed by atoms with Crippen molar-refractivity contribution in [1.29, 1.82) is 0 Å². The van der Waals surface area contributed by atoms with Crippen LogP contribution in [0.1, 0.15) is 48.4 Å². The third kappa shape index (κ3) is 6.17. The number of aromatic nitrogens is 1. The van der Waals surface area contributed by atoms with Crippen LogP contribution in [0.5, 0.6) is 0 Å². The summed E-state index contributed by atoms with van der Waals surface area (Å²) >= 11 is 0. The molecule has 0 saturated heterocycles. The first kappa shape index (κ1) is 30.3. The number of nitrogens with one attached hydrogen (secondary N) is 1. The molecule has 8 heteroatoms. The van der Waals surface area contributed by atoms with E-state index in [4.69, 9.17) is 4.74 Å². The van der Waals surface area contributed by atoms with Crippen LogP contribution >= 0.6 is 0 Å². The van der Waals surface area contributed by atoms with Crippen LogP contribution in [0.2, 0.25) is 0 Å². The van der Waals surface area contributed by atoms with Gasteiger partial charge in [-0.1, -0.05) is 79.7 Å². The van der Waals surface area contributed by atoms with Gasteiger partial charge in [-0.3, -0.25) is 4.79 Å². The second-order valence-electron chi connectivity index (χ2n) is 11.7. The molecular formula is C35H42N4O4. The van der Waals surface area contributed by atoms with Gasteiger partial charge in [0.1, 0.15) is 5.69 Å². The van der Waals surface area contributed by atoms with E-state index in [1.54, 1.807) is 16.8 Å². The van der Waals surface area contributed by atoms with Gasteiger partial charge in [0.05, 0.1) is 31.4 Å². The first-order valence-electron chi connectivity index (χ1n) is 15.0. The lowest BCUT2D eigenvalue weighted by Gasteiger charge is -2.35. The molecule has 226 valence electrons. The van der Waals surface area contributed by atoms with Gasteiger partial charge in [-0.2, -0.15) is 0 Å². The molecule has 3 aromatic carbocycles. The van der Waals surface area contributed by atoms with E-state index >= 15 is 0 Å². The highest BCUT2D eigenvalue weighted by Crippen LogP contribution is 2.38. The maximum absolute atomic E-state index is 14.5. The van der Waals surface area contributed by atoms with Crippen LogP contribution in [0.4, 0.5) is 4.79 Å². The number of likely N-dealkylation sites (N-methyl/N-ethyl adjacent to an activating group) is 1. The number of fused-ring (bicyclic) bond motifs is 5. The summed E-state index contributed by atoms with van der Waals surface area (Å²) in [5, 5.41) is 14.3. The van der Waals surface area contributed by atoms with Gasteiger partial charge in [0.15, 0.2) is 0 Å². The molecule has 1 aliphatic heterocycles. The number of hydrogen-bond acceptors (Lipinski definition) is 4. The Morgan fingerprint density at radius 3 is 2.47 bits per heavy atom. The number of aliphatic hydroxyl groups is 1. The molecule has 43 heavy (non-hydrogen) atoms. The van der Waals surface area contributed by atoms with E-state index in [0.717, 1.165) is 33.2 Å². The third-order valence-corrected chi connectivity index (χ3v) is 8.67. The van der Waals surface area contributed by atoms with Crippen molar-refractivity contribution < 1.29 is 19.4 Å². The zero-order valence-electron chi connectivity index (χ0n) is 25.7. The van der Waals surface area contributed by atoms with Gasteiger partial charge in [0, 0.05) is 49.6 Å². The Balaban J connectivity index is 1.50. The van der Waals surface area contributed by atoms with Crippen molar-refractivity contribution in [2.75, 3.05) is 26.7 Å². The zero-order chi connectivity index (χ0) is 30.7. The highest BCUT2D eigenvalue weighted by molar-refractivity contribution is 6.10. The molecule has 8 nitrogen and oxygen atoms in total. The van der Waals surface area contributed by atoms with Gasteiger partial charge in [-0.25, -0.2) is 4.79 Å². The summed E-state index contributed by atoms with van der Waals surface area (Å²) in [5.74, 6) is -0.275. The van der Waals surface area contributed by atoms with Gasteiger partial charge in [-0.15, -0.1) is 0 Å². The number of carbonyl (C=O) groups excluding carboxylic acids is 2. The molecule has 1 aromatic heterocycles. The van der Waals surface area contributed by atoms with E-state index in [1.807, 2.05) is 111 Å². The monoisotopic (exact) mass is 582 g/mol. The number of amides is 3. The topological polar surface area (TPSA) is 87.0 Å². The number of para-hydroxylation sites is 1. The van der Waals surface area contributed by atoms with E-state index < -0.39 is 6.04 Å². The van der Waals surface area contributed by atoms with Crippen LogP contribution in [0, 0.1) is 5.92 Å². The van der Waals surface area contributed by atoms with Gasteiger partial charge < -0.3 is 29.5 Å². The van der Waals surface area contributed by atoms with Crippen LogP contribution < -0.4 is 5.32 Å². The lowest BCUT2D eigenvalue weighted by molar-refractivity contribution is -0.0186. The van der Waals surface area contributed by atoms with Crippen molar-refractivity contribution in [2.24, 2.45) is 13.0 Å². The van der Waals surface area contributed by atoms with Crippen LogP contribution in [0.25, 0.3) is 22.0 Å². The van der Waals surface area contributed by atoms with Crippen molar-refractivity contribution in [1.82, 2.24) is 19.7 Å². The fourth-order valence-corrected chi connectivity index (χ4v) is 6.00. The van der Waals surface area contributed by atoms with E-state index in [9.17, 15) is 14.7 Å². The minimum absolute atomic E-state index is 0.136. The van der Waals surface area contributed by atoms with Crippen molar-refractivity contribution in [3.63, 3.8) is 0 Å². The molecule has 5 rings (SSSR count). The number of aryl methyl sites for hydroxylation is 1. The Bertz CT molecular complexity index is 1580. The van der Waals surface area contributed by atoms with E-state index in [1.165, 1.54) is 0 Å². The molecule has 0 aliphatic carbocycles. The largest absolute Gasteiger partial charge is 0.394 e. The molecule has 2 N–H and O–H groups in total. The summed E-state index contributed by atoms with van der Waals surface area (Å²) in [6.07, 6.45) is -0.366.